The van der Waals surface area contributed by atoms with E-state index in [-0.39, 0.29) is 5.91 Å². The van der Waals surface area contributed by atoms with E-state index >= 15 is 0 Å². The highest BCUT2D eigenvalue weighted by Crippen LogP contribution is 2.08. The van der Waals surface area contributed by atoms with E-state index in [9.17, 15) is 4.79 Å². The van der Waals surface area contributed by atoms with Crippen molar-refractivity contribution in [3.63, 3.8) is 0 Å². The lowest BCUT2D eigenvalue weighted by Crippen LogP contribution is -2.23. The number of carbonyl (C=O) groups excluding carboxylic acids is 1. The number of benzene rings is 1. The summed E-state index contributed by atoms with van der Waals surface area (Å²) in [6, 6.07) is 11.6. The van der Waals surface area contributed by atoms with Gasteiger partial charge in [-0.2, -0.15) is 0 Å². The Morgan fingerprint density at radius 3 is 2.86 bits per heavy atom. The molecule has 4 heteroatoms. The number of nitrogens with one attached hydrogen (secondary N) is 2. The molecule has 0 spiro atoms. The molecular formula is C17H21N3O. The fourth-order valence-corrected chi connectivity index (χ4v) is 2.03. The van der Waals surface area contributed by atoms with E-state index in [0.717, 1.165) is 24.3 Å². The lowest BCUT2D eigenvalue weighted by molar-refractivity contribution is 0.0951. The third-order valence-electron chi connectivity index (χ3n) is 3.11. The summed E-state index contributed by atoms with van der Waals surface area (Å²) < 4.78 is 0. The van der Waals surface area contributed by atoms with E-state index in [1.54, 1.807) is 18.3 Å². The second kappa shape index (κ2) is 7.43. The molecule has 1 aromatic heterocycles. The maximum atomic E-state index is 12.2. The summed E-state index contributed by atoms with van der Waals surface area (Å²) in [5.41, 5.74) is 2.91. The fourth-order valence-electron chi connectivity index (χ4n) is 2.03. The molecule has 0 fully saturated rings. The average Bonchev–Trinajstić information content (AvgIpc) is 2.51. The maximum Gasteiger partial charge on any atom is 0.251 e. The number of carbonyl (C=O) groups is 1. The number of hydrogen-bond donors (Lipinski definition) is 2. The Labute approximate surface area is 125 Å². The zero-order chi connectivity index (χ0) is 15.1. The summed E-state index contributed by atoms with van der Waals surface area (Å²) in [5.74, 6) is 0.651. The van der Waals surface area contributed by atoms with Gasteiger partial charge in [0.05, 0.1) is 0 Å². The number of hydrogen-bond acceptors (Lipinski definition) is 3. The van der Waals surface area contributed by atoms with Crippen LogP contribution in [0.4, 0.5) is 5.82 Å². The van der Waals surface area contributed by atoms with Gasteiger partial charge in [-0.3, -0.25) is 4.79 Å². The van der Waals surface area contributed by atoms with Crippen LogP contribution in [0.5, 0.6) is 0 Å². The topological polar surface area (TPSA) is 54.0 Å². The van der Waals surface area contributed by atoms with Gasteiger partial charge in [0.2, 0.25) is 0 Å². The molecule has 0 radical (unpaired) electrons. The molecule has 1 amide bonds. The van der Waals surface area contributed by atoms with E-state index in [4.69, 9.17) is 0 Å². The molecule has 0 aliphatic heterocycles. The highest BCUT2D eigenvalue weighted by atomic mass is 16.1. The van der Waals surface area contributed by atoms with Crippen LogP contribution in [0.15, 0.2) is 42.6 Å². The molecule has 0 unspecified atom stereocenters. The van der Waals surface area contributed by atoms with E-state index in [0.29, 0.717) is 12.1 Å². The maximum absolute atomic E-state index is 12.2. The Bertz CT molecular complexity index is 610. The van der Waals surface area contributed by atoms with Crippen molar-refractivity contribution < 1.29 is 4.79 Å². The standard InChI is InChI=1S/C17H21N3O/c1-3-8-18-16-11-15(7-9-19-16)17(21)20-12-14-6-4-5-13(2)10-14/h4-7,9-11H,3,8,12H2,1-2H3,(H,18,19)(H,20,21). The predicted octanol–water partition coefficient (Wildman–Crippen LogP) is 3.14. The molecule has 0 aliphatic rings. The minimum Gasteiger partial charge on any atom is -0.370 e. The molecule has 0 aliphatic carbocycles. The Morgan fingerprint density at radius 1 is 1.24 bits per heavy atom. The Morgan fingerprint density at radius 2 is 2.10 bits per heavy atom. The van der Waals surface area contributed by atoms with Gasteiger partial charge < -0.3 is 10.6 Å². The van der Waals surface area contributed by atoms with Crippen LogP contribution < -0.4 is 10.6 Å². The molecule has 2 rings (SSSR count). The number of nitrogens with zero attached hydrogens (tertiary/aromatic N) is 1. The summed E-state index contributed by atoms with van der Waals surface area (Å²) >= 11 is 0. The van der Waals surface area contributed by atoms with Crippen molar-refractivity contribution in [1.82, 2.24) is 10.3 Å². The molecule has 0 atom stereocenters. The van der Waals surface area contributed by atoms with Crippen LogP contribution in [-0.4, -0.2) is 17.4 Å². The molecule has 0 saturated heterocycles. The SMILES string of the molecule is CCCNc1cc(C(=O)NCc2cccc(C)c2)ccn1. The van der Waals surface area contributed by atoms with Gasteiger partial charge in [0, 0.05) is 24.8 Å². The summed E-state index contributed by atoms with van der Waals surface area (Å²) in [6.07, 6.45) is 2.67. The number of rotatable bonds is 6. The highest BCUT2D eigenvalue weighted by molar-refractivity contribution is 5.94. The summed E-state index contributed by atoms with van der Waals surface area (Å²) in [4.78, 5) is 16.4. The van der Waals surface area contributed by atoms with E-state index < -0.39 is 0 Å². The normalized spacial score (nSPS) is 10.2. The van der Waals surface area contributed by atoms with Gasteiger partial charge in [0.25, 0.3) is 5.91 Å². The Hall–Kier alpha value is -2.36. The van der Waals surface area contributed by atoms with Crippen molar-refractivity contribution >= 4 is 11.7 Å². The van der Waals surface area contributed by atoms with Crippen LogP contribution in [0.1, 0.15) is 34.8 Å². The molecule has 2 aromatic rings. The first-order valence-corrected chi connectivity index (χ1v) is 7.22. The van der Waals surface area contributed by atoms with E-state index in [2.05, 4.69) is 28.6 Å². The molecule has 1 aromatic carbocycles. The second-order valence-electron chi connectivity index (χ2n) is 5.03. The van der Waals surface area contributed by atoms with Crippen LogP contribution >= 0.6 is 0 Å². The monoisotopic (exact) mass is 283 g/mol. The number of pyridine rings is 1. The molecule has 1 heterocycles. The number of aromatic nitrogens is 1. The van der Waals surface area contributed by atoms with Crippen molar-refractivity contribution in [2.75, 3.05) is 11.9 Å². The molecule has 110 valence electrons. The Kier molecular flexibility index (Phi) is 5.32. The first-order valence-electron chi connectivity index (χ1n) is 7.22. The van der Waals surface area contributed by atoms with Crippen LogP contribution in [0.2, 0.25) is 0 Å². The molecule has 0 bridgehead atoms. The zero-order valence-corrected chi connectivity index (χ0v) is 12.5. The van der Waals surface area contributed by atoms with Crippen LogP contribution in [0.3, 0.4) is 0 Å². The molecular weight excluding hydrogens is 262 g/mol. The first kappa shape index (κ1) is 15.0. The Balaban J connectivity index is 1.96. The predicted molar refractivity (Wildman–Crippen MR) is 85.4 cm³/mol. The zero-order valence-electron chi connectivity index (χ0n) is 12.5. The smallest absolute Gasteiger partial charge is 0.251 e. The van der Waals surface area contributed by atoms with Crippen molar-refractivity contribution in [1.29, 1.82) is 0 Å². The second-order valence-corrected chi connectivity index (χ2v) is 5.03. The molecule has 4 nitrogen and oxygen atoms in total. The van der Waals surface area contributed by atoms with Gasteiger partial charge in [-0.1, -0.05) is 36.8 Å². The lowest BCUT2D eigenvalue weighted by atomic mass is 10.1. The number of aryl methyl sites for hydroxylation is 1. The van der Waals surface area contributed by atoms with Gasteiger partial charge in [0.1, 0.15) is 5.82 Å². The minimum absolute atomic E-state index is 0.0848. The largest absolute Gasteiger partial charge is 0.370 e. The van der Waals surface area contributed by atoms with Gasteiger partial charge in [-0.05, 0) is 31.0 Å². The van der Waals surface area contributed by atoms with Crippen molar-refractivity contribution in [3.8, 4) is 0 Å². The van der Waals surface area contributed by atoms with Crippen LogP contribution in [-0.2, 0) is 6.54 Å². The van der Waals surface area contributed by atoms with Crippen molar-refractivity contribution in [2.45, 2.75) is 26.8 Å². The fraction of sp³-hybridized carbons (Fsp3) is 0.294. The van der Waals surface area contributed by atoms with E-state index in [1.807, 2.05) is 25.1 Å². The summed E-state index contributed by atoms with van der Waals surface area (Å²) in [5, 5.41) is 6.11. The summed E-state index contributed by atoms with van der Waals surface area (Å²) in [7, 11) is 0. The quantitative estimate of drug-likeness (QED) is 0.856. The molecule has 21 heavy (non-hydrogen) atoms. The first-order chi connectivity index (χ1) is 10.2. The van der Waals surface area contributed by atoms with E-state index in [1.165, 1.54) is 5.56 Å². The van der Waals surface area contributed by atoms with Gasteiger partial charge in [-0.15, -0.1) is 0 Å². The van der Waals surface area contributed by atoms with Gasteiger partial charge in [0.15, 0.2) is 0 Å². The average molecular weight is 283 g/mol. The molecule has 2 N–H and O–H groups in total. The third-order valence-corrected chi connectivity index (χ3v) is 3.11. The van der Waals surface area contributed by atoms with Crippen LogP contribution in [0.25, 0.3) is 0 Å². The van der Waals surface area contributed by atoms with Crippen LogP contribution in [0, 0.1) is 6.92 Å². The molecule has 0 saturated carbocycles. The lowest BCUT2D eigenvalue weighted by Gasteiger charge is -2.08. The van der Waals surface area contributed by atoms with Crippen molar-refractivity contribution in [2.24, 2.45) is 0 Å². The summed E-state index contributed by atoms with van der Waals surface area (Å²) in [6.45, 7) is 5.51. The number of anilines is 1. The van der Waals surface area contributed by atoms with Gasteiger partial charge >= 0.3 is 0 Å². The van der Waals surface area contributed by atoms with Crippen molar-refractivity contribution in [3.05, 3.63) is 59.3 Å². The third kappa shape index (κ3) is 4.60. The highest BCUT2D eigenvalue weighted by Gasteiger charge is 2.06. The van der Waals surface area contributed by atoms with Gasteiger partial charge in [-0.25, -0.2) is 4.98 Å². The minimum atomic E-state index is -0.0848. The number of amides is 1.